The van der Waals surface area contributed by atoms with Crippen molar-refractivity contribution in [3.05, 3.63) is 70.7 Å². The van der Waals surface area contributed by atoms with Crippen LogP contribution in [0.5, 0.6) is 0 Å². The van der Waals surface area contributed by atoms with Crippen molar-refractivity contribution in [3.63, 3.8) is 0 Å². The summed E-state index contributed by atoms with van der Waals surface area (Å²) in [7, 11) is 0. The molecule has 1 N–H and O–H groups in total. The molecule has 1 saturated heterocycles. The molecule has 0 saturated carbocycles. The molecule has 1 aliphatic rings. The molecule has 0 bridgehead atoms. The Kier molecular flexibility index (Phi) is 6.26. The first-order chi connectivity index (χ1) is 12.6. The SMILES string of the molecule is O=C(NCC(=O)N1CCN(Cc2ccc(Cl)cc2)CC1)c1ccccc1. The molecule has 0 spiro atoms. The number of rotatable bonds is 5. The minimum atomic E-state index is -0.222. The molecule has 0 aliphatic carbocycles. The fourth-order valence-corrected chi connectivity index (χ4v) is 3.09. The molecule has 136 valence electrons. The molecule has 1 aliphatic heterocycles. The molecule has 0 atom stereocenters. The van der Waals surface area contributed by atoms with Gasteiger partial charge < -0.3 is 10.2 Å². The highest BCUT2D eigenvalue weighted by molar-refractivity contribution is 6.30. The molecule has 0 aromatic heterocycles. The molecule has 2 amide bonds. The topological polar surface area (TPSA) is 52.7 Å². The highest BCUT2D eigenvalue weighted by Gasteiger charge is 2.21. The molecule has 0 unspecified atom stereocenters. The Morgan fingerprint density at radius 1 is 0.923 bits per heavy atom. The molecule has 1 heterocycles. The Labute approximate surface area is 158 Å². The summed E-state index contributed by atoms with van der Waals surface area (Å²) in [6.07, 6.45) is 0. The van der Waals surface area contributed by atoms with E-state index in [1.54, 1.807) is 24.3 Å². The van der Waals surface area contributed by atoms with Crippen molar-refractivity contribution in [1.29, 1.82) is 0 Å². The van der Waals surface area contributed by atoms with Crippen molar-refractivity contribution in [2.45, 2.75) is 6.54 Å². The maximum Gasteiger partial charge on any atom is 0.251 e. The number of carbonyl (C=O) groups excluding carboxylic acids is 2. The van der Waals surface area contributed by atoms with E-state index in [1.165, 1.54) is 5.56 Å². The van der Waals surface area contributed by atoms with Crippen molar-refractivity contribution in [2.75, 3.05) is 32.7 Å². The number of hydrogen-bond donors (Lipinski definition) is 1. The molecule has 6 heteroatoms. The number of nitrogens with one attached hydrogen (secondary N) is 1. The second-order valence-electron chi connectivity index (χ2n) is 6.33. The third-order valence-corrected chi connectivity index (χ3v) is 4.73. The number of nitrogens with zero attached hydrogens (tertiary/aromatic N) is 2. The molecular formula is C20H22ClN3O2. The lowest BCUT2D eigenvalue weighted by atomic mass is 10.2. The van der Waals surface area contributed by atoms with Crippen LogP contribution in [0.25, 0.3) is 0 Å². The Balaban J connectivity index is 1.42. The Bertz CT molecular complexity index is 741. The summed E-state index contributed by atoms with van der Waals surface area (Å²) in [5.41, 5.74) is 1.78. The minimum Gasteiger partial charge on any atom is -0.343 e. The Hall–Kier alpha value is -2.37. The lowest BCUT2D eigenvalue weighted by molar-refractivity contribution is -0.131. The van der Waals surface area contributed by atoms with Gasteiger partial charge in [-0.2, -0.15) is 0 Å². The van der Waals surface area contributed by atoms with E-state index in [-0.39, 0.29) is 18.4 Å². The zero-order chi connectivity index (χ0) is 18.4. The average molecular weight is 372 g/mol. The van der Waals surface area contributed by atoms with E-state index in [9.17, 15) is 9.59 Å². The van der Waals surface area contributed by atoms with E-state index in [4.69, 9.17) is 11.6 Å². The molecule has 1 fully saturated rings. The van der Waals surface area contributed by atoms with Crippen molar-refractivity contribution >= 4 is 23.4 Å². The molecule has 3 rings (SSSR count). The van der Waals surface area contributed by atoms with Gasteiger partial charge in [-0.05, 0) is 29.8 Å². The number of halogens is 1. The van der Waals surface area contributed by atoms with Crippen LogP contribution >= 0.6 is 11.6 Å². The van der Waals surface area contributed by atoms with Gasteiger partial charge in [-0.25, -0.2) is 0 Å². The second-order valence-corrected chi connectivity index (χ2v) is 6.77. The van der Waals surface area contributed by atoms with Crippen LogP contribution in [0.15, 0.2) is 54.6 Å². The lowest BCUT2D eigenvalue weighted by Crippen LogP contribution is -2.50. The smallest absolute Gasteiger partial charge is 0.251 e. The van der Waals surface area contributed by atoms with Gasteiger partial charge in [-0.15, -0.1) is 0 Å². The lowest BCUT2D eigenvalue weighted by Gasteiger charge is -2.34. The van der Waals surface area contributed by atoms with Gasteiger partial charge in [0.2, 0.25) is 5.91 Å². The largest absolute Gasteiger partial charge is 0.343 e. The number of hydrogen-bond acceptors (Lipinski definition) is 3. The van der Waals surface area contributed by atoms with E-state index in [0.29, 0.717) is 18.7 Å². The summed E-state index contributed by atoms with van der Waals surface area (Å²) in [6, 6.07) is 16.8. The molecule has 0 radical (unpaired) electrons. The van der Waals surface area contributed by atoms with Gasteiger partial charge in [0.25, 0.3) is 5.91 Å². The second kappa shape index (κ2) is 8.83. The van der Waals surface area contributed by atoms with Gasteiger partial charge in [0, 0.05) is 43.3 Å². The molecule has 5 nitrogen and oxygen atoms in total. The van der Waals surface area contributed by atoms with Crippen molar-refractivity contribution in [2.24, 2.45) is 0 Å². The number of amides is 2. The summed E-state index contributed by atoms with van der Waals surface area (Å²) in [6.45, 7) is 3.87. The first kappa shape index (κ1) is 18.4. The van der Waals surface area contributed by atoms with Gasteiger partial charge in [-0.1, -0.05) is 41.9 Å². The van der Waals surface area contributed by atoms with Crippen molar-refractivity contribution < 1.29 is 9.59 Å². The Morgan fingerprint density at radius 2 is 1.58 bits per heavy atom. The number of piperazine rings is 1. The standard InChI is InChI=1S/C20H22ClN3O2/c21-18-8-6-16(7-9-18)15-23-10-12-24(13-11-23)19(25)14-22-20(26)17-4-2-1-3-5-17/h1-9H,10-15H2,(H,22,26). The van der Waals surface area contributed by atoms with Gasteiger partial charge in [0.15, 0.2) is 0 Å². The van der Waals surface area contributed by atoms with Crippen molar-refractivity contribution in [1.82, 2.24) is 15.1 Å². The quantitative estimate of drug-likeness (QED) is 0.878. The van der Waals surface area contributed by atoms with Crippen LogP contribution in [0.1, 0.15) is 15.9 Å². The molecule has 26 heavy (non-hydrogen) atoms. The maximum atomic E-state index is 12.3. The van der Waals surface area contributed by atoms with Crippen LogP contribution < -0.4 is 5.32 Å². The molecule has 2 aromatic rings. The summed E-state index contributed by atoms with van der Waals surface area (Å²) in [5, 5.41) is 3.43. The minimum absolute atomic E-state index is 0.0327. The first-order valence-corrected chi connectivity index (χ1v) is 9.07. The summed E-state index contributed by atoms with van der Waals surface area (Å²) in [5.74, 6) is -0.263. The van der Waals surface area contributed by atoms with Crippen LogP contribution in [0, 0.1) is 0 Å². The summed E-state index contributed by atoms with van der Waals surface area (Å²) >= 11 is 5.91. The normalized spacial score (nSPS) is 14.9. The predicted octanol–water partition coefficient (Wildman–Crippen LogP) is 2.41. The monoisotopic (exact) mass is 371 g/mol. The van der Waals surface area contributed by atoms with Crippen LogP contribution in [-0.4, -0.2) is 54.3 Å². The van der Waals surface area contributed by atoms with Crippen LogP contribution in [-0.2, 0) is 11.3 Å². The zero-order valence-corrected chi connectivity index (χ0v) is 15.3. The fraction of sp³-hybridized carbons (Fsp3) is 0.300. The van der Waals surface area contributed by atoms with Crippen molar-refractivity contribution in [3.8, 4) is 0 Å². The van der Waals surface area contributed by atoms with Crippen LogP contribution in [0.4, 0.5) is 0 Å². The van der Waals surface area contributed by atoms with E-state index in [1.807, 2.05) is 35.2 Å². The van der Waals surface area contributed by atoms with Crippen LogP contribution in [0.3, 0.4) is 0 Å². The average Bonchev–Trinajstić information content (AvgIpc) is 2.69. The van der Waals surface area contributed by atoms with E-state index < -0.39 is 0 Å². The van der Waals surface area contributed by atoms with Gasteiger partial charge >= 0.3 is 0 Å². The van der Waals surface area contributed by atoms with E-state index in [0.717, 1.165) is 24.7 Å². The highest BCUT2D eigenvalue weighted by Crippen LogP contribution is 2.13. The third kappa shape index (κ3) is 5.07. The van der Waals surface area contributed by atoms with Gasteiger partial charge in [0.05, 0.1) is 6.54 Å². The van der Waals surface area contributed by atoms with Gasteiger partial charge in [0.1, 0.15) is 0 Å². The molecular weight excluding hydrogens is 350 g/mol. The Morgan fingerprint density at radius 3 is 2.23 bits per heavy atom. The van der Waals surface area contributed by atoms with Crippen LogP contribution in [0.2, 0.25) is 5.02 Å². The molecule has 2 aromatic carbocycles. The highest BCUT2D eigenvalue weighted by atomic mass is 35.5. The maximum absolute atomic E-state index is 12.3. The zero-order valence-electron chi connectivity index (χ0n) is 14.5. The summed E-state index contributed by atoms with van der Waals surface area (Å²) in [4.78, 5) is 28.5. The van der Waals surface area contributed by atoms with E-state index in [2.05, 4.69) is 10.2 Å². The third-order valence-electron chi connectivity index (χ3n) is 4.48. The first-order valence-electron chi connectivity index (χ1n) is 8.69. The number of carbonyl (C=O) groups is 2. The van der Waals surface area contributed by atoms with E-state index >= 15 is 0 Å². The fourth-order valence-electron chi connectivity index (χ4n) is 2.96. The number of benzene rings is 2. The summed E-state index contributed by atoms with van der Waals surface area (Å²) < 4.78 is 0. The predicted molar refractivity (Wildman–Crippen MR) is 102 cm³/mol. The van der Waals surface area contributed by atoms with Gasteiger partial charge in [-0.3, -0.25) is 14.5 Å².